The second-order valence-corrected chi connectivity index (χ2v) is 6.76. The maximum Gasteiger partial charge on any atom is 0.260 e. The number of piperazine rings is 1. The Labute approximate surface area is 147 Å². The van der Waals surface area contributed by atoms with Crippen LogP contribution in [0.5, 0.6) is 5.75 Å². The van der Waals surface area contributed by atoms with Crippen LogP contribution in [0.2, 0.25) is 0 Å². The van der Waals surface area contributed by atoms with Gasteiger partial charge in [-0.1, -0.05) is 15.9 Å². The third-order valence-corrected chi connectivity index (χ3v) is 4.62. The van der Waals surface area contributed by atoms with E-state index in [1.807, 2.05) is 23.1 Å². The highest BCUT2D eigenvalue weighted by molar-refractivity contribution is 9.11. The van der Waals surface area contributed by atoms with Crippen molar-refractivity contribution >= 4 is 37.8 Å². The van der Waals surface area contributed by atoms with Gasteiger partial charge in [0.05, 0.1) is 10.5 Å². The molecule has 0 unspecified atom stereocenters. The Kier molecular flexibility index (Phi) is 6.68. The number of carbonyl (C=O) groups excluding carboxylic acids is 1. The quantitative estimate of drug-likeness (QED) is 0.720. The molecule has 0 aromatic heterocycles. The molecule has 1 heterocycles. The van der Waals surface area contributed by atoms with Gasteiger partial charge in [-0.15, -0.1) is 0 Å². The van der Waals surface area contributed by atoms with Gasteiger partial charge in [-0.2, -0.15) is 5.26 Å². The van der Waals surface area contributed by atoms with Gasteiger partial charge in [0, 0.05) is 43.6 Å². The van der Waals surface area contributed by atoms with Crippen LogP contribution in [0.3, 0.4) is 0 Å². The summed E-state index contributed by atoms with van der Waals surface area (Å²) in [5.74, 6) is 0.652. The van der Waals surface area contributed by atoms with E-state index in [2.05, 4.69) is 42.8 Å². The molecule has 0 atom stereocenters. The number of hydrogen-bond donors (Lipinski definition) is 0. The molecule has 1 saturated heterocycles. The lowest BCUT2D eigenvalue weighted by molar-refractivity contribution is -0.135. The molecule has 7 heteroatoms. The summed E-state index contributed by atoms with van der Waals surface area (Å²) in [5.41, 5.74) is 0. The number of carbonyl (C=O) groups is 1. The summed E-state index contributed by atoms with van der Waals surface area (Å²) in [6, 6.07) is 7.72. The normalized spacial score (nSPS) is 15.4. The van der Waals surface area contributed by atoms with E-state index in [9.17, 15) is 4.79 Å². The van der Waals surface area contributed by atoms with E-state index in [0.29, 0.717) is 25.3 Å². The maximum absolute atomic E-state index is 12.2. The van der Waals surface area contributed by atoms with Crippen molar-refractivity contribution in [2.75, 3.05) is 39.3 Å². The molecule has 5 nitrogen and oxygen atoms in total. The van der Waals surface area contributed by atoms with Crippen molar-refractivity contribution in [3.8, 4) is 11.8 Å². The van der Waals surface area contributed by atoms with Gasteiger partial charge in [0.25, 0.3) is 5.91 Å². The predicted octanol–water partition coefficient (Wildman–Crippen LogP) is 2.65. The fourth-order valence-electron chi connectivity index (χ4n) is 2.25. The number of ether oxygens (including phenoxy) is 1. The predicted molar refractivity (Wildman–Crippen MR) is 90.6 cm³/mol. The first-order valence-electron chi connectivity index (χ1n) is 7.05. The SMILES string of the molecule is N#CCCN1CCN(C(=O)COc2ccc(Br)cc2Br)CC1. The summed E-state index contributed by atoms with van der Waals surface area (Å²) in [4.78, 5) is 16.2. The first kappa shape index (κ1) is 17.3. The minimum absolute atomic E-state index is 0.00486. The van der Waals surface area contributed by atoms with E-state index in [4.69, 9.17) is 10.00 Å². The minimum atomic E-state index is -0.00486. The summed E-state index contributed by atoms with van der Waals surface area (Å²) in [6.45, 7) is 3.83. The molecule has 1 aliphatic heterocycles. The van der Waals surface area contributed by atoms with Crippen LogP contribution in [0.4, 0.5) is 0 Å². The van der Waals surface area contributed by atoms with Gasteiger partial charge in [0.1, 0.15) is 5.75 Å². The van der Waals surface area contributed by atoms with Crippen molar-refractivity contribution < 1.29 is 9.53 Å². The Balaban J connectivity index is 1.78. The van der Waals surface area contributed by atoms with Gasteiger partial charge in [0.2, 0.25) is 0 Å². The number of halogens is 2. The van der Waals surface area contributed by atoms with Gasteiger partial charge in [0.15, 0.2) is 6.61 Å². The molecular formula is C15H17Br2N3O2. The molecule has 0 radical (unpaired) electrons. The van der Waals surface area contributed by atoms with E-state index >= 15 is 0 Å². The van der Waals surface area contributed by atoms with Gasteiger partial charge in [-0.3, -0.25) is 9.69 Å². The smallest absolute Gasteiger partial charge is 0.260 e. The fourth-order valence-corrected chi connectivity index (χ4v) is 3.41. The zero-order valence-corrected chi connectivity index (χ0v) is 15.3. The first-order valence-corrected chi connectivity index (χ1v) is 8.63. The van der Waals surface area contributed by atoms with Crippen LogP contribution in [0, 0.1) is 11.3 Å². The molecule has 22 heavy (non-hydrogen) atoms. The molecule has 118 valence electrons. The standard InChI is InChI=1S/C15H17Br2N3O2/c16-12-2-3-14(13(17)10-12)22-11-15(21)20-8-6-19(7-9-20)5-1-4-18/h2-3,10H,1,5-9,11H2. The number of nitriles is 1. The number of amides is 1. The monoisotopic (exact) mass is 429 g/mol. The van der Waals surface area contributed by atoms with E-state index < -0.39 is 0 Å². The van der Waals surface area contributed by atoms with Crippen molar-refractivity contribution in [1.82, 2.24) is 9.80 Å². The Bertz CT molecular complexity index is 566. The van der Waals surface area contributed by atoms with Crippen molar-refractivity contribution in [2.45, 2.75) is 6.42 Å². The molecule has 0 bridgehead atoms. The van der Waals surface area contributed by atoms with Gasteiger partial charge >= 0.3 is 0 Å². The van der Waals surface area contributed by atoms with Gasteiger partial charge in [-0.05, 0) is 34.1 Å². The molecule has 1 aromatic carbocycles. The van der Waals surface area contributed by atoms with E-state index in [-0.39, 0.29) is 12.5 Å². The van der Waals surface area contributed by atoms with Crippen LogP contribution >= 0.6 is 31.9 Å². The van der Waals surface area contributed by atoms with Crippen LogP contribution in [0.15, 0.2) is 27.1 Å². The van der Waals surface area contributed by atoms with Crippen LogP contribution in [0.1, 0.15) is 6.42 Å². The summed E-state index contributed by atoms with van der Waals surface area (Å²) in [6.07, 6.45) is 0.536. The summed E-state index contributed by atoms with van der Waals surface area (Å²) < 4.78 is 7.35. The zero-order chi connectivity index (χ0) is 15.9. The lowest BCUT2D eigenvalue weighted by Gasteiger charge is -2.34. The molecule has 0 spiro atoms. The lowest BCUT2D eigenvalue weighted by atomic mass is 10.3. The largest absolute Gasteiger partial charge is 0.483 e. The number of benzene rings is 1. The molecule has 1 amide bonds. The molecular weight excluding hydrogens is 414 g/mol. The van der Waals surface area contributed by atoms with Crippen molar-refractivity contribution in [1.29, 1.82) is 5.26 Å². The lowest BCUT2D eigenvalue weighted by Crippen LogP contribution is -2.50. The van der Waals surface area contributed by atoms with E-state index in [0.717, 1.165) is 28.6 Å². The van der Waals surface area contributed by atoms with Crippen LogP contribution in [-0.4, -0.2) is 55.0 Å². The third kappa shape index (κ3) is 4.97. The van der Waals surface area contributed by atoms with E-state index in [1.54, 1.807) is 0 Å². The zero-order valence-electron chi connectivity index (χ0n) is 12.1. The Morgan fingerprint density at radius 2 is 2.00 bits per heavy atom. The average molecular weight is 431 g/mol. The Morgan fingerprint density at radius 3 is 2.64 bits per heavy atom. The second-order valence-electron chi connectivity index (χ2n) is 4.99. The topological polar surface area (TPSA) is 56.6 Å². The highest BCUT2D eigenvalue weighted by atomic mass is 79.9. The number of nitrogens with zero attached hydrogens (tertiary/aromatic N) is 3. The highest BCUT2D eigenvalue weighted by Crippen LogP contribution is 2.28. The Morgan fingerprint density at radius 1 is 1.27 bits per heavy atom. The third-order valence-electron chi connectivity index (χ3n) is 3.51. The summed E-state index contributed by atoms with van der Waals surface area (Å²) >= 11 is 6.79. The van der Waals surface area contributed by atoms with Gasteiger partial charge < -0.3 is 9.64 Å². The van der Waals surface area contributed by atoms with Gasteiger partial charge in [-0.25, -0.2) is 0 Å². The van der Waals surface area contributed by atoms with Crippen molar-refractivity contribution in [3.63, 3.8) is 0 Å². The van der Waals surface area contributed by atoms with Crippen molar-refractivity contribution in [3.05, 3.63) is 27.1 Å². The number of hydrogen-bond acceptors (Lipinski definition) is 4. The maximum atomic E-state index is 12.2. The Hall–Kier alpha value is -1.10. The molecule has 1 aromatic rings. The van der Waals surface area contributed by atoms with E-state index in [1.165, 1.54) is 0 Å². The molecule has 2 rings (SSSR count). The first-order chi connectivity index (χ1) is 10.6. The van der Waals surface area contributed by atoms with Crippen LogP contribution < -0.4 is 4.74 Å². The second kappa shape index (κ2) is 8.51. The highest BCUT2D eigenvalue weighted by Gasteiger charge is 2.21. The molecule has 0 saturated carbocycles. The van der Waals surface area contributed by atoms with Crippen LogP contribution in [0.25, 0.3) is 0 Å². The summed E-state index contributed by atoms with van der Waals surface area (Å²) in [7, 11) is 0. The van der Waals surface area contributed by atoms with Crippen LogP contribution in [-0.2, 0) is 4.79 Å². The van der Waals surface area contributed by atoms with Crippen molar-refractivity contribution in [2.24, 2.45) is 0 Å². The minimum Gasteiger partial charge on any atom is -0.483 e. The molecule has 0 aliphatic carbocycles. The molecule has 1 aliphatic rings. The fraction of sp³-hybridized carbons (Fsp3) is 0.467. The molecule has 0 N–H and O–H groups in total. The molecule has 1 fully saturated rings. The summed E-state index contributed by atoms with van der Waals surface area (Å²) in [5, 5.41) is 8.59. The average Bonchev–Trinajstić information content (AvgIpc) is 2.52. The number of rotatable bonds is 5.